The van der Waals surface area contributed by atoms with Crippen LogP contribution >= 0.6 is 11.3 Å². The molecule has 0 saturated heterocycles. The van der Waals surface area contributed by atoms with Crippen molar-refractivity contribution >= 4 is 23.0 Å². The molecule has 2 rings (SSSR count). The van der Waals surface area contributed by atoms with Crippen LogP contribution in [-0.2, 0) is 0 Å². The van der Waals surface area contributed by atoms with Gasteiger partial charge in [0, 0.05) is 22.7 Å². The van der Waals surface area contributed by atoms with Gasteiger partial charge in [0.05, 0.1) is 17.5 Å². The summed E-state index contributed by atoms with van der Waals surface area (Å²) in [6, 6.07) is 3.98. The Bertz CT molecular complexity index is 549. The fraction of sp³-hybridized carbons (Fsp3) is 0.0833. The summed E-state index contributed by atoms with van der Waals surface area (Å²) in [6.07, 6.45) is 7.05. The molecule has 0 aromatic carbocycles. The van der Waals surface area contributed by atoms with Gasteiger partial charge in [0.15, 0.2) is 0 Å². The van der Waals surface area contributed by atoms with E-state index in [1.807, 2.05) is 24.4 Å². The average molecular weight is 227 g/mol. The standard InChI is InChI=1S/C12H9N3S/c1-9(12-7-14-2-3-15-12)4-11-5-10(6-13)8-16-11/h2-5,7-8H,1H3/b9-4-. The Morgan fingerprint density at radius 3 is 3.00 bits per heavy atom. The molecule has 3 nitrogen and oxygen atoms in total. The van der Waals surface area contributed by atoms with Crippen LogP contribution in [-0.4, -0.2) is 9.97 Å². The number of nitriles is 1. The van der Waals surface area contributed by atoms with Gasteiger partial charge in [-0.25, -0.2) is 0 Å². The van der Waals surface area contributed by atoms with Crippen LogP contribution in [0.5, 0.6) is 0 Å². The molecule has 0 fully saturated rings. The number of thiophene rings is 1. The molecule has 0 unspecified atom stereocenters. The highest BCUT2D eigenvalue weighted by atomic mass is 32.1. The van der Waals surface area contributed by atoms with Crippen LogP contribution in [0.1, 0.15) is 23.1 Å². The summed E-state index contributed by atoms with van der Waals surface area (Å²) in [4.78, 5) is 9.28. The second-order valence-electron chi connectivity index (χ2n) is 3.27. The maximum atomic E-state index is 8.72. The lowest BCUT2D eigenvalue weighted by Gasteiger charge is -1.97. The topological polar surface area (TPSA) is 49.6 Å². The van der Waals surface area contributed by atoms with Gasteiger partial charge in [-0.15, -0.1) is 11.3 Å². The van der Waals surface area contributed by atoms with Crippen molar-refractivity contribution < 1.29 is 0 Å². The van der Waals surface area contributed by atoms with E-state index in [4.69, 9.17) is 5.26 Å². The Morgan fingerprint density at radius 2 is 2.38 bits per heavy atom. The third-order valence-electron chi connectivity index (χ3n) is 2.07. The zero-order valence-corrected chi connectivity index (χ0v) is 9.53. The van der Waals surface area contributed by atoms with Gasteiger partial charge in [0.2, 0.25) is 0 Å². The van der Waals surface area contributed by atoms with Crippen molar-refractivity contribution in [1.29, 1.82) is 5.26 Å². The second kappa shape index (κ2) is 4.69. The van der Waals surface area contributed by atoms with E-state index in [-0.39, 0.29) is 0 Å². The Kier molecular flexibility index (Phi) is 3.08. The van der Waals surface area contributed by atoms with Gasteiger partial charge in [-0.05, 0) is 24.6 Å². The minimum atomic E-state index is 0.697. The van der Waals surface area contributed by atoms with Crippen LogP contribution in [0.25, 0.3) is 11.6 Å². The minimum Gasteiger partial charge on any atom is -0.261 e. The number of allylic oxidation sites excluding steroid dienone is 1. The van der Waals surface area contributed by atoms with Crippen LogP contribution in [0, 0.1) is 11.3 Å². The SMILES string of the molecule is C/C(=C/c1cc(C#N)cs1)c1cnccn1. The molecule has 0 amide bonds. The molecule has 78 valence electrons. The van der Waals surface area contributed by atoms with Crippen LogP contribution in [0.4, 0.5) is 0 Å². The molecule has 0 spiro atoms. The average Bonchev–Trinajstić information content (AvgIpc) is 2.78. The van der Waals surface area contributed by atoms with E-state index in [9.17, 15) is 0 Å². The fourth-order valence-electron chi connectivity index (χ4n) is 1.28. The fourth-order valence-corrected chi connectivity index (χ4v) is 2.10. The first kappa shape index (κ1) is 10.5. The number of rotatable bonds is 2. The number of hydrogen-bond acceptors (Lipinski definition) is 4. The highest BCUT2D eigenvalue weighted by Gasteiger charge is 1.99. The van der Waals surface area contributed by atoms with E-state index in [1.54, 1.807) is 29.9 Å². The summed E-state index contributed by atoms with van der Waals surface area (Å²) >= 11 is 1.55. The Balaban J connectivity index is 2.28. The lowest BCUT2D eigenvalue weighted by Crippen LogP contribution is -1.85. The third kappa shape index (κ3) is 2.33. The van der Waals surface area contributed by atoms with Crippen LogP contribution in [0.2, 0.25) is 0 Å². The van der Waals surface area contributed by atoms with Gasteiger partial charge in [-0.3, -0.25) is 9.97 Å². The van der Waals surface area contributed by atoms with Crippen LogP contribution < -0.4 is 0 Å². The van der Waals surface area contributed by atoms with Gasteiger partial charge in [-0.1, -0.05) is 0 Å². The minimum absolute atomic E-state index is 0.697. The molecular formula is C12H9N3S. The van der Waals surface area contributed by atoms with E-state index < -0.39 is 0 Å². The monoisotopic (exact) mass is 227 g/mol. The van der Waals surface area contributed by atoms with Crippen molar-refractivity contribution in [3.8, 4) is 6.07 Å². The van der Waals surface area contributed by atoms with Gasteiger partial charge >= 0.3 is 0 Å². The molecule has 2 heterocycles. The summed E-state index contributed by atoms with van der Waals surface area (Å²) in [6.45, 7) is 1.98. The van der Waals surface area contributed by atoms with E-state index >= 15 is 0 Å². The van der Waals surface area contributed by atoms with Crippen molar-refractivity contribution in [3.63, 3.8) is 0 Å². The molecule has 0 atom stereocenters. The van der Waals surface area contributed by atoms with Gasteiger partial charge in [-0.2, -0.15) is 5.26 Å². The van der Waals surface area contributed by atoms with E-state index in [1.165, 1.54) is 0 Å². The third-order valence-corrected chi connectivity index (χ3v) is 2.95. The first-order valence-corrected chi connectivity index (χ1v) is 5.61. The highest BCUT2D eigenvalue weighted by molar-refractivity contribution is 7.11. The van der Waals surface area contributed by atoms with Crippen molar-refractivity contribution in [2.75, 3.05) is 0 Å². The molecule has 4 heteroatoms. The molecule has 0 radical (unpaired) electrons. The van der Waals surface area contributed by atoms with Crippen LogP contribution in [0.15, 0.2) is 30.0 Å². The van der Waals surface area contributed by atoms with E-state index in [0.29, 0.717) is 5.56 Å². The Morgan fingerprint density at radius 1 is 1.50 bits per heavy atom. The van der Waals surface area contributed by atoms with Crippen molar-refractivity contribution in [3.05, 3.63) is 46.2 Å². The number of aromatic nitrogens is 2. The summed E-state index contributed by atoms with van der Waals surface area (Å²) < 4.78 is 0. The first-order chi connectivity index (χ1) is 7.79. The first-order valence-electron chi connectivity index (χ1n) is 4.73. The maximum absolute atomic E-state index is 8.72. The van der Waals surface area contributed by atoms with Crippen LogP contribution in [0.3, 0.4) is 0 Å². The van der Waals surface area contributed by atoms with Crippen molar-refractivity contribution in [2.45, 2.75) is 6.92 Å². The molecule has 2 aromatic heterocycles. The van der Waals surface area contributed by atoms with Crippen molar-refractivity contribution in [1.82, 2.24) is 9.97 Å². The number of nitrogens with zero attached hydrogens (tertiary/aromatic N) is 3. The maximum Gasteiger partial charge on any atom is 0.100 e. The highest BCUT2D eigenvalue weighted by Crippen LogP contribution is 2.20. The zero-order valence-electron chi connectivity index (χ0n) is 8.71. The Hall–Kier alpha value is -1.99. The Labute approximate surface area is 97.7 Å². The molecule has 0 aliphatic rings. The van der Waals surface area contributed by atoms with Crippen molar-refractivity contribution in [2.24, 2.45) is 0 Å². The summed E-state index contributed by atoms with van der Waals surface area (Å²) in [5.41, 5.74) is 2.59. The smallest absolute Gasteiger partial charge is 0.100 e. The molecule has 0 aliphatic heterocycles. The zero-order chi connectivity index (χ0) is 11.4. The molecular weight excluding hydrogens is 218 g/mol. The largest absolute Gasteiger partial charge is 0.261 e. The summed E-state index contributed by atoms with van der Waals surface area (Å²) in [7, 11) is 0. The summed E-state index contributed by atoms with van der Waals surface area (Å²) in [5.74, 6) is 0. The molecule has 0 aliphatic carbocycles. The quantitative estimate of drug-likeness (QED) is 0.792. The molecule has 0 N–H and O–H groups in total. The molecule has 16 heavy (non-hydrogen) atoms. The van der Waals surface area contributed by atoms with Gasteiger partial charge < -0.3 is 0 Å². The lowest BCUT2D eigenvalue weighted by atomic mass is 10.2. The molecule has 0 saturated carbocycles. The summed E-state index contributed by atoms with van der Waals surface area (Å²) in [5, 5.41) is 10.6. The predicted molar refractivity (Wildman–Crippen MR) is 64.6 cm³/mol. The van der Waals surface area contributed by atoms with Gasteiger partial charge in [0.1, 0.15) is 6.07 Å². The normalized spacial score (nSPS) is 11.1. The predicted octanol–water partition coefficient (Wildman–Crippen LogP) is 2.97. The second-order valence-corrected chi connectivity index (χ2v) is 4.21. The molecule has 2 aromatic rings. The molecule has 0 bridgehead atoms. The lowest BCUT2D eigenvalue weighted by molar-refractivity contribution is 1.17. The van der Waals surface area contributed by atoms with Gasteiger partial charge in [0.25, 0.3) is 0 Å². The van der Waals surface area contributed by atoms with E-state index in [2.05, 4.69) is 16.0 Å². The number of hydrogen-bond donors (Lipinski definition) is 0. The van der Waals surface area contributed by atoms with E-state index in [0.717, 1.165) is 16.1 Å².